The molecular formula is C13H11Cl2N5. The van der Waals surface area contributed by atoms with Crippen LogP contribution in [0.4, 0.5) is 5.95 Å². The van der Waals surface area contributed by atoms with E-state index in [1.165, 1.54) is 10.9 Å². The fraction of sp³-hybridized carbons (Fsp3) is 0.154. The first-order chi connectivity index (χ1) is 9.72. The molecular weight excluding hydrogens is 297 g/mol. The molecule has 0 aliphatic rings. The number of rotatable bonds is 4. The minimum atomic E-state index is 0.0830. The molecule has 0 aliphatic heterocycles. The largest absolute Gasteiger partial charge is 0.361 e. The molecule has 20 heavy (non-hydrogen) atoms. The van der Waals surface area contributed by atoms with Crippen LogP contribution in [0.15, 0.2) is 30.5 Å². The van der Waals surface area contributed by atoms with E-state index in [1.807, 2.05) is 18.3 Å². The average Bonchev–Trinajstić information content (AvgIpc) is 2.81. The standard InChI is InChI=1S/C13H11Cl2N5/c14-11-18-12(15)20-13(19-11)16-6-5-8-7-17-10-4-2-1-3-9(8)10/h1-4,7,17H,5-6H2,(H,16,18,19,20). The van der Waals surface area contributed by atoms with Crippen LogP contribution in [0, 0.1) is 0 Å². The van der Waals surface area contributed by atoms with Gasteiger partial charge in [-0.05, 0) is 41.3 Å². The summed E-state index contributed by atoms with van der Waals surface area (Å²) in [6, 6.07) is 8.18. The van der Waals surface area contributed by atoms with Gasteiger partial charge in [0.05, 0.1) is 0 Å². The normalized spacial score (nSPS) is 10.9. The zero-order valence-corrected chi connectivity index (χ0v) is 11.9. The van der Waals surface area contributed by atoms with Crippen molar-refractivity contribution in [3.63, 3.8) is 0 Å². The average molecular weight is 308 g/mol. The summed E-state index contributed by atoms with van der Waals surface area (Å²) in [6.45, 7) is 0.679. The van der Waals surface area contributed by atoms with Crippen molar-refractivity contribution in [1.29, 1.82) is 0 Å². The van der Waals surface area contributed by atoms with Gasteiger partial charge in [0.1, 0.15) is 0 Å². The van der Waals surface area contributed by atoms with E-state index in [0.29, 0.717) is 12.5 Å². The number of para-hydroxylation sites is 1. The molecule has 3 rings (SSSR count). The van der Waals surface area contributed by atoms with Crippen molar-refractivity contribution in [2.75, 3.05) is 11.9 Å². The summed E-state index contributed by atoms with van der Waals surface area (Å²) >= 11 is 11.4. The first kappa shape index (κ1) is 13.1. The number of nitrogens with one attached hydrogen (secondary N) is 2. The van der Waals surface area contributed by atoms with Gasteiger partial charge < -0.3 is 10.3 Å². The van der Waals surface area contributed by atoms with Gasteiger partial charge in [-0.1, -0.05) is 18.2 Å². The van der Waals surface area contributed by atoms with Crippen molar-refractivity contribution >= 4 is 40.1 Å². The van der Waals surface area contributed by atoms with Gasteiger partial charge in [0, 0.05) is 23.6 Å². The smallest absolute Gasteiger partial charge is 0.228 e. The molecule has 0 saturated heterocycles. The van der Waals surface area contributed by atoms with Crippen molar-refractivity contribution in [2.24, 2.45) is 0 Å². The number of benzene rings is 1. The highest BCUT2D eigenvalue weighted by Crippen LogP contribution is 2.18. The predicted octanol–water partition coefficient (Wildman–Crippen LogP) is 3.31. The van der Waals surface area contributed by atoms with Crippen molar-refractivity contribution in [1.82, 2.24) is 19.9 Å². The summed E-state index contributed by atoms with van der Waals surface area (Å²) in [5.74, 6) is 0.384. The molecule has 2 N–H and O–H groups in total. The predicted molar refractivity (Wildman–Crippen MR) is 80.3 cm³/mol. The van der Waals surface area contributed by atoms with E-state index in [2.05, 4.69) is 37.4 Å². The molecule has 0 spiro atoms. The number of aromatic amines is 1. The van der Waals surface area contributed by atoms with Crippen LogP contribution in [0.3, 0.4) is 0 Å². The van der Waals surface area contributed by atoms with E-state index < -0.39 is 0 Å². The van der Waals surface area contributed by atoms with Gasteiger partial charge in [0.15, 0.2) is 0 Å². The van der Waals surface area contributed by atoms with Crippen LogP contribution in [0.25, 0.3) is 10.9 Å². The van der Waals surface area contributed by atoms with Crippen LogP contribution in [0.5, 0.6) is 0 Å². The minimum absolute atomic E-state index is 0.0830. The molecule has 2 heterocycles. The van der Waals surface area contributed by atoms with Gasteiger partial charge in [0.25, 0.3) is 0 Å². The molecule has 3 aromatic rings. The summed E-state index contributed by atoms with van der Waals surface area (Å²) < 4.78 is 0. The molecule has 102 valence electrons. The molecule has 0 aliphatic carbocycles. The Balaban J connectivity index is 1.68. The lowest BCUT2D eigenvalue weighted by Gasteiger charge is -2.04. The number of nitrogens with zero attached hydrogens (tertiary/aromatic N) is 3. The monoisotopic (exact) mass is 307 g/mol. The molecule has 0 bridgehead atoms. The Labute approximate surface area is 125 Å². The van der Waals surface area contributed by atoms with Crippen molar-refractivity contribution in [2.45, 2.75) is 6.42 Å². The van der Waals surface area contributed by atoms with Gasteiger partial charge in [0.2, 0.25) is 16.5 Å². The molecule has 5 nitrogen and oxygen atoms in total. The summed E-state index contributed by atoms with van der Waals surface area (Å²) in [7, 11) is 0. The second-order valence-electron chi connectivity index (χ2n) is 4.23. The molecule has 1 aromatic carbocycles. The van der Waals surface area contributed by atoms with Gasteiger partial charge in [-0.25, -0.2) is 0 Å². The van der Waals surface area contributed by atoms with Crippen LogP contribution in [0.2, 0.25) is 10.6 Å². The summed E-state index contributed by atoms with van der Waals surface area (Å²) in [5.41, 5.74) is 2.37. The molecule has 0 fully saturated rings. The SMILES string of the molecule is Clc1nc(Cl)nc(NCCc2c[nH]c3ccccc23)n1. The number of H-pyrrole nitrogens is 1. The van der Waals surface area contributed by atoms with Crippen molar-refractivity contribution in [3.8, 4) is 0 Å². The topological polar surface area (TPSA) is 66.5 Å². The number of anilines is 1. The van der Waals surface area contributed by atoms with Crippen molar-refractivity contribution in [3.05, 3.63) is 46.6 Å². The Morgan fingerprint density at radius 2 is 1.80 bits per heavy atom. The van der Waals surface area contributed by atoms with Gasteiger partial charge in [-0.15, -0.1) is 0 Å². The molecule has 0 radical (unpaired) electrons. The van der Waals surface area contributed by atoms with E-state index in [4.69, 9.17) is 23.2 Å². The van der Waals surface area contributed by atoms with Crippen LogP contribution < -0.4 is 5.32 Å². The van der Waals surface area contributed by atoms with Crippen LogP contribution in [0.1, 0.15) is 5.56 Å². The fourth-order valence-electron chi connectivity index (χ4n) is 2.05. The van der Waals surface area contributed by atoms with Crippen LogP contribution in [-0.4, -0.2) is 26.5 Å². The second kappa shape index (κ2) is 5.64. The lowest BCUT2D eigenvalue weighted by Crippen LogP contribution is -2.08. The van der Waals surface area contributed by atoms with E-state index in [0.717, 1.165) is 11.9 Å². The van der Waals surface area contributed by atoms with Crippen molar-refractivity contribution < 1.29 is 0 Å². The molecule has 0 saturated carbocycles. The minimum Gasteiger partial charge on any atom is -0.361 e. The zero-order valence-electron chi connectivity index (χ0n) is 10.4. The Hall–Kier alpha value is -1.85. The highest BCUT2D eigenvalue weighted by molar-refractivity contribution is 6.31. The maximum atomic E-state index is 5.72. The lowest BCUT2D eigenvalue weighted by atomic mass is 10.1. The van der Waals surface area contributed by atoms with Crippen LogP contribution in [-0.2, 0) is 6.42 Å². The Bertz CT molecular complexity index is 720. The lowest BCUT2D eigenvalue weighted by molar-refractivity contribution is 0.967. The summed E-state index contributed by atoms with van der Waals surface area (Å²) in [6.07, 6.45) is 2.85. The van der Waals surface area contributed by atoms with Gasteiger partial charge in [-0.3, -0.25) is 0 Å². The van der Waals surface area contributed by atoms with E-state index in [-0.39, 0.29) is 10.6 Å². The Morgan fingerprint density at radius 1 is 1.05 bits per heavy atom. The highest BCUT2D eigenvalue weighted by Gasteiger charge is 2.05. The third-order valence-electron chi connectivity index (χ3n) is 2.93. The molecule has 0 amide bonds. The quantitative estimate of drug-likeness (QED) is 0.776. The Kier molecular flexibility index (Phi) is 3.71. The molecule has 0 atom stereocenters. The third-order valence-corrected chi connectivity index (χ3v) is 3.27. The van der Waals surface area contributed by atoms with Crippen LogP contribution >= 0.6 is 23.2 Å². The van der Waals surface area contributed by atoms with Gasteiger partial charge >= 0.3 is 0 Å². The number of hydrogen-bond acceptors (Lipinski definition) is 4. The van der Waals surface area contributed by atoms with E-state index >= 15 is 0 Å². The van der Waals surface area contributed by atoms with Gasteiger partial charge in [-0.2, -0.15) is 15.0 Å². The number of aromatic nitrogens is 4. The summed E-state index contributed by atoms with van der Waals surface area (Å²) in [4.78, 5) is 14.9. The number of hydrogen-bond donors (Lipinski definition) is 2. The number of fused-ring (bicyclic) bond motifs is 1. The van der Waals surface area contributed by atoms with E-state index in [9.17, 15) is 0 Å². The fourth-order valence-corrected chi connectivity index (χ4v) is 2.42. The second-order valence-corrected chi connectivity index (χ2v) is 4.91. The van der Waals surface area contributed by atoms with E-state index in [1.54, 1.807) is 0 Å². The third kappa shape index (κ3) is 2.84. The molecule has 7 heteroatoms. The summed E-state index contributed by atoms with van der Waals surface area (Å²) in [5, 5.41) is 4.47. The first-order valence-corrected chi connectivity index (χ1v) is 6.84. The Morgan fingerprint density at radius 3 is 2.60 bits per heavy atom. The zero-order chi connectivity index (χ0) is 13.9. The number of halogens is 2. The molecule has 0 unspecified atom stereocenters. The maximum Gasteiger partial charge on any atom is 0.228 e. The highest BCUT2D eigenvalue weighted by atomic mass is 35.5. The maximum absolute atomic E-state index is 5.72. The molecule has 2 aromatic heterocycles. The first-order valence-electron chi connectivity index (χ1n) is 6.08.